The molecule has 0 bridgehead atoms. The van der Waals surface area contributed by atoms with Crippen molar-refractivity contribution in [1.82, 2.24) is 0 Å². The Morgan fingerprint density at radius 2 is 0.615 bits per heavy atom. The minimum atomic E-state index is -0.402. The molecule has 2 aromatic heterocycles. The van der Waals surface area contributed by atoms with Gasteiger partial charge in [0, 0.05) is 48.8 Å². The molecular weight excluding hydrogens is 975 g/mol. The number of halogens is 1. The largest absolute Gasteiger partial charge is 0.494 e. The number of furan rings is 2. The minimum absolute atomic E-state index is 0. The fourth-order valence-corrected chi connectivity index (χ4v) is 11.9. The van der Waals surface area contributed by atoms with E-state index in [4.69, 9.17) is 29.7 Å². The third kappa shape index (κ3) is 8.07. The molecule has 14 aromatic rings. The van der Waals surface area contributed by atoms with Gasteiger partial charge in [-0.3, -0.25) is 0 Å². The van der Waals surface area contributed by atoms with Gasteiger partial charge in [-0.15, -0.1) is 0 Å². The first-order chi connectivity index (χ1) is 37.1. The Morgan fingerprint density at radius 3 is 1.00 bits per heavy atom. The summed E-state index contributed by atoms with van der Waals surface area (Å²) in [4.78, 5) is 0. The first-order valence-electron chi connectivity index (χ1n) is 26.0. The van der Waals surface area contributed by atoms with E-state index in [0.717, 1.165) is 76.6 Å². The molecule has 0 spiro atoms. The molecule has 0 amide bonds. The number of para-hydroxylation sites is 4. The van der Waals surface area contributed by atoms with E-state index in [1.165, 1.54) is 65.3 Å². The van der Waals surface area contributed by atoms with Crippen LogP contribution in [0.1, 0.15) is 42.5 Å². The summed E-state index contributed by atoms with van der Waals surface area (Å²) in [5, 5.41) is 15.0. The maximum absolute atomic E-state index is 6.58. The lowest BCUT2D eigenvalue weighted by Crippen LogP contribution is -2.41. The van der Waals surface area contributed by atoms with Crippen molar-refractivity contribution < 1.29 is 18.1 Å². The minimum Gasteiger partial charge on any atom is -0.455 e. The van der Waals surface area contributed by atoms with Gasteiger partial charge in [-0.25, -0.2) is 0 Å². The second-order valence-electron chi connectivity index (χ2n) is 21.0. The number of fused-ring (bicyclic) bond motifs is 12. The van der Waals surface area contributed by atoms with Crippen LogP contribution < -0.4 is 5.46 Å². The summed E-state index contributed by atoms with van der Waals surface area (Å²) >= 11 is 6.28. The van der Waals surface area contributed by atoms with E-state index >= 15 is 0 Å². The molecule has 0 N–H and O–H groups in total. The van der Waals surface area contributed by atoms with Crippen molar-refractivity contribution in [1.29, 1.82) is 0 Å². The first-order valence-corrected chi connectivity index (χ1v) is 26.4. The predicted octanol–water partition coefficient (Wildman–Crippen LogP) is 20.7. The maximum Gasteiger partial charge on any atom is 0.494 e. The zero-order chi connectivity index (χ0) is 51.3. The molecule has 78 heavy (non-hydrogen) atoms. The predicted molar refractivity (Wildman–Crippen MR) is 333 cm³/mol. The van der Waals surface area contributed by atoms with E-state index in [0.29, 0.717) is 0 Å². The highest BCUT2D eigenvalue weighted by Crippen LogP contribution is 2.50. The van der Waals surface area contributed by atoms with Crippen LogP contribution in [0.15, 0.2) is 239 Å². The third-order valence-electron chi connectivity index (χ3n) is 16.1. The Balaban J connectivity index is 0.000000155. The smallest absolute Gasteiger partial charge is 0.455 e. The Kier molecular flexibility index (Phi) is 12.6. The lowest BCUT2D eigenvalue weighted by atomic mass is 9.77. The quantitative estimate of drug-likeness (QED) is 0.127. The summed E-state index contributed by atoms with van der Waals surface area (Å²) in [6, 6.07) is 81.1. The fourth-order valence-electron chi connectivity index (χ4n) is 11.7. The third-order valence-corrected chi connectivity index (χ3v) is 16.3. The first kappa shape index (κ1) is 50.4. The van der Waals surface area contributed by atoms with Gasteiger partial charge < -0.3 is 18.1 Å². The van der Waals surface area contributed by atoms with Crippen LogP contribution in [0.3, 0.4) is 0 Å². The van der Waals surface area contributed by atoms with Crippen LogP contribution in [0.5, 0.6) is 0 Å². The van der Waals surface area contributed by atoms with Gasteiger partial charge in [0.1, 0.15) is 22.3 Å². The SMILES string of the molecule is C.C.CC1(C)OB(c2ccc(-c3c(-c4cccc5c4oc4ccccc45)c4ccccc4c4ccccc34)cc2)OC1(C)C.Clc1ccc(-c2c(-c3cccc4c3oc3ccccc34)c3ccccc3c3ccccc23)cc1. The van der Waals surface area contributed by atoms with Crippen LogP contribution in [0.2, 0.25) is 5.02 Å². The highest BCUT2D eigenvalue weighted by atomic mass is 35.5. The summed E-state index contributed by atoms with van der Waals surface area (Å²) in [6.45, 7) is 8.36. The second kappa shape index (κ2) is 19.5. The van der Waals surface area contributed by atoms with Gasteiger partial charge in [0.2, 0.25) is 0 Å². The molecule has 1 fully saturated rings. The Morgan fingerprint density at radius 1 is 0.308 bits per heavy atom. The van der Waals surface area contributed by atoms with Crippen LogP contribution >= 0.6 is 11.6 Å². The molecule has 1 saturated heterocycles. The highest BCUT2D eigenvalue weighted by molar-refractivity contribution is 6.62. The molecule has 0 atom stereocenters. The fraction of sp³-hybridized carbons (Fsp3) is 0.111. The van der Waals surface area contributed by atoms with Gasteiger partial charge in [-0.05, 0) is 123 Å². The summed E-state index contributed by atoms with van der Waals surface area (Å²) in [5.41, 5.74) is 13.1. The Labute approximate surface area is 460 Å². The van der Waals surface area contributed by atoms with Gasteiger partial charge in [0.25, 0.3) is 0 Å². The number of benzene rings is 12. The van der Waals surface area contributed by atoms with Gasteiger partial charge >= 0.3 is 7.12 Å². The highest BCUT2D eigenvalue weighted by Gasteiger charge is 2.51. The molecule has 3 heterocycles. The molecule has 0 radical (unpaired) electrons. The molecule has 0 saturated carbocycles. The normalized spacial score (nSPS) is 13.8. The maximum atomic E-state index is 6.58. The average Bonchev–Trinajstić information content (AvgIpc) is 4.21. The molecule has 0 aliphatic carbocycles. The lowest BCUT2D eigenvalue weighted by molar-refractivity contribution is 0.00578. The topological polar surface area (TPSA) is 44.7 Å². The van der Waals surface area contributed by atoms with Gasteiger partial charge in [0.05, 0.1) is 11.2 Å². The molecule has 15 rings (SSSR count). The summed E-state index contributed by atoms with van der Waals surface area (Å²) in [5.74, 6) is 0. The number of hydrogen-bond donors (Lipinski definition) is 0. The standard InChI is InChI=1S/C38H31BO3.C32H19ClO.2CH4/c1-37(2)38(3,4)42-39(41-37)25-22-20-24(21-23-25)34-29-15-7-5-12-26(29)27-13-6-8-16-30(27)35(34)32-18-11-17-31-28-14-9-10-19-33(28)40-36(31)32;33-21-18-16-20(17-19-21)30-25-11-3-1-8-22(25)23-9-2-4-12-26(23)31(30)28-14-7-13-27-24-10-5-6-15-29(24)34-32(27)28;;/h5-23H,1-4H3;1-19H;2*1H4. The monoisotopic (exact) mass is 1030 g/mol. The molecule has 6 heteroatoms. The van der Waals surface area contributed by atoms with E-state index < -0.39 is 7.12 Å². The van der Waals surface area contributed by atoms with Crippen LogP contribution in [0.25, 0.3) is 131 Å². The van der Waals surface area contributed by atoms with Gasteiger partial charge in [0.15, 0.2) is 0 Å². The van der Waals surface area contributed by atoms with E-state index in [-0.39, 0.29) is 26.1 Å². The van der Waals surface area contributed by atoms with Crippen LogP contribution in [-0.2, 0) is 9.31 Å². The zero-order valence-corrected chi connectivity index (χ0v) is 43.3. The van der Waals surface area contributed by atoms with Crippen molar-refractivity contribution >= 4 is 111 Å². The van der Waals surface area contributed by atoms with Gasteiger partial charge in [-0.2, -0.15) is 0 Å². The molecule has 1 aliphatic rings. The van der Waals surface area contributed by atoms with Crippen molar-refractivity contribution in [2.75, 3.05) is 0 Å². The van der Waals surface area contributed by atoms with Crippen molar-refractivity contribution in [2.24, 2.45) is 0 Å². The Bertz CT molecular complexity index is 4590. The van der Waals surface area contributed by atoms with Crippen LogP contribution in [-0.4, -0.2) is 18.3 Å². The number of rotatable bonds is 5. The molecule has 12 aromatic carbocycles. The molecular formula is C72H58BClO4. The van der Waals surface area contributed by atoms with Crippen molar-refractivity contribution in [3.05, 3.63) is 236 Å². The second-order valence-corrected chi connectivity index (χ2v) is 21.4. The summed E-state index contributed by atoms with van der Waals surface area (Å²) in [7, 11) is -0.402. The lowest BCUT2D eigenvalue weighted by Gasteiger charge is -2.32. The van der Waals surface area contributed by atoms with Crippen LogP contribution in [0.4, 0.5) is 0 Å². The Hall–Kier alpha value is -8.45. The molecule has 380 valence electrons. The van der Waals surface area contributed by atoms with Crippen molar-refractivity contribution in [2.45, 2.75) is 53.8 Å². The summed E-state index contributed by atoms with van der Waals surface area (Å²) < 4.78 is 25.8. The zero-order valence-electron chi connectivity index (χ0n) is 42.5. The van der Waals surface area contributed by atoms with Crippen LogP contribution in [0, 0.1) is 0 Å². The van der Waals surface area contributed by atoms with E-state index in [1.807, 2.05) is 36.4 Å². The summed E-state index contributed by atoms with van der Waals surface area (Å²) in [6.07, 6.45) is 0. The average molecular weight is 1030 g/mol. The van der Waals surface area contributed by atoms with Gasteiger partial charge in [-0.1, -0.05) is 233 Å². The van der Waals surface area contributed by atoms with E-state index in [1.54, 1.807) is 0 Å². The van der Waals surface area contributed by atoms with Crippen molar-refractivity contribution in [3.63, 3.8) is 0 Å². The molecule has 1 aliphatic heterocycles. The molecule has 0 unspecified atom stereocenters. The number of hydrogen-bond acceptors (Lipinski definition) is 4. The van der Waals surface area contributed by atoms with E-state index in [9.17, 15) is 0 Å². The molecule has 4 nitrogen and oxygen atoms in total. The van der Waals surface area contributed by atoms with Crippen molar-refractivity contribution in [3.8, 4) is 44.5 Å². The van der Waals surface area contributed by atoms with E-state index in [2.05, 4.69) is 222 Å².